The molecule has 2 atom stereocenters. The fraction of sp³-hybridized carbons (Fsp3) is 0.625. The van der Waals surface area contributed by atoms with Crippen molar-refractivity contribution in [1.29, 1.82) is 0 Å². The predicted octanol–water partition coefficient (Wildman–Crippen LogP) is -0.395. The van der Waals surface area contributed by atoms with Crippen molar-refractivity contribution >= 4 is 6.41 Å². The molecule has 0 bridgehead atoms. The molecule has 0 radical (unpaired) electrons. The molecule has 4 nitrogen and oxygen atoms in total. The van der Waals surface area contributed by atoms with E-state index < -0.39 is 6.23 Å². The van der Waals surface area contributed by atoms with Crippen molar-refractivity contribution in [3.05, 3.63) is 12.7 Å². The quantitative estimate of drug-likeness (QED) is 0.278. The first-order valence-electron chi connectivity index (χ1n) is 3.90. The number of rotatable bonds is 7. The third-order valence-corrected chi connectivity index (χ3v) is 1.60. The monoisotopic (exact) mass is 172 g/mol. The largest absolute Gasteiger partial charge is 0.379 e. The highest BCUT2D eigenvalue weighted by Gasteiger charge is 2.09. The molecule has 0 rings (SSSR count). The van der Waals surface area contributed by atoms with E-state index >= 15 is 0 Å². The maximum Gasteiger partial charge on any atom is 0.207 e. The van der Waals surface area contributed by atoms with Gasteiger partial charge in [0.25, 0.3) is 0 Å². The van der Waals surface area contributed by atoms with Crippen LogP contribution in [0, 0.1) is 0 Å². The molecule has 1 unspecified atom stereocenters. The van der Waals surface area contributed by atoms with Crippen LogP contribution in [-0.4, -0.2) is 30.8 Å². The van der Waals surface area contributed by atoms with Crippen LogP contribution in [0.25, 0.3) is 0 Å². The average Bonchev–Trinajstić information content (AvgIpc) is 2.05. The third kappa shape index (κ3) is 4.87. The van der Waals surface area contributed by atoms with Gasteiger partial charge >= 0.3 is 0 Å². The van der Waals surface area contributed by atoms with Crippen LogP contribution in [0.3, 0.4) is 0 Å². The molecule has 70 valence electrons. The number of hydrogen-bond acceptors (Lipinski definition) is 3. The van der Waals surface area contributed by atoms with Crippen molar-refractivity contribution in [2.75, 3.05) is 7.05 Å². The summed E-state index contributed by atoms with van der Waals surface area (Å²) in [6.07, 6.45) is 2.92. The van der Waals surface area contributed by atoms with Crippen molar-refractivity contribution in [2.45, 2.75) is 25.1 Å². The first-order chi connectivity index (χ1) is 5.74. The topological polar surface area (TPSA) is 61.4 Å². The van der Waals surface area contributed by atoms with E-state index in [4.69, 9.17) is 0 Å². The van der Waals surface area contributed by atoms with Crippen molar-refractivity contribution < 1.29 is 9.90 Å². The zero-order chi connectivity index (χ0) is 9.40. The van der Waals surface area contributed by atoms with Gasteiger partial charge in [-0.3, -0.25) is 10.1 Å². The van der Waals surface area contributed by atoms with E-state index in [0.29, 0.717) is 19.3 Å². The predicted molar refractivity (Wildman–Crippen MR) is 47.5 cm³/mol. The highest BCUT2D eigenvalue weighted by Crippen LogP contribution is 2.00. The third-order valence-electron chi connectivity index (χ3n) is 1.60. The minimum Gasteiger partial charge on any atom is -0.379 e. The Bertz CT molecular complexity index is 129. The highest BCUT2D eigenvalue weighted by atomic mass is 16.3. The molecule has 0 saturated carbocycles. The zero-order valence-corrected chi connectivity index (χ0v) is 7.29. The van der Waals surface area contributed by atoms with Gasteiger partial charge in [0.1, 0.15) is 6.23 Å². The van der Waals surface area contributed by atoms with Gasteiger partial charge in [-0.15, -0.1) is 6.58 Å². The van der Waals surface area contributed by atoms with Crippen molar-refractivity contribution in [2.24, 2.45) is 0 Å². The molecule has 3 N–H and O–H groups in total. The number of aliphatic hydroxyl groups excluding tert-OH is 1. The van der Waals surface area contributed by atoms with Gasteiger partial charge < -0.3 is 10.4 Å². The molecule has 0 fully saturated rings. The Hall–Kier alpha value is -0.870. The molecule has 0 heterocycles. The second-order valence-electron chi connectivity index (χ2n) is 2.55. The van der Waals surface area contributed by atoms with Crippen LogP contribution in [0.1, 0.15) is 12.8 Å². The van der Waals surface area contributed by atoms with Crippen LogP contribution >= 0.6 is 0 Å². The van der Waals surface area contributed by atoms with Gasteiger partial charge in [0.2, 0.25) is 6.41 Å². The van der Waals surface area contributed by atoms with E-state index in [1.165, 1.54) is 0 Å². The van der Waals surface area contributed by atoms with Gasteiger partial charge in [-0.2, -0.15) is 0 Å². The SMILES string of the molecule is C=CC[C@@H](CC(O)NC)NC=O. The Labute approximate surface area is 72.7 Å². The summed E-state index contributed by atoms with van der Waals surface area (Å²) in [5, 5.41) is 14.5. The van der Waals surface area contributed by atoms with Crippen LogP contribution in [0.2, 0.25) is 0 Å². The summed E-state index contributed by atoms with van der Waals surface area (Å²) >= 11 is 0. The lowest BCUT2D eigenvalue weighted by molar-refractivity contribution is -0.110. The Morgan fingerprint density at radius 3 is 2.75 bits per heavy atom. The van der Waals surface area contributed by atoms with Crippen LogP contribution in [0.4, 0.5) is 0 Å². The second-order valence-corrected chi connectivity index (χ2v) is 2.55. The standard InChI is InChI=1S/C8H16N2O2/c1-3-4-7(10-6-11)5-8(12)9-2/h3,6-9,12H,1,4-5H2,2H3,(H,10,11)/t7-,8?/m0/s1. The van der Waals surface area contributed by atoms with Crippen molar-refractivity contribution in [1.82, 2.24) is 10.6 Å². The molecule has 0 aliphatic rings. The summed E-state index contributed by atoms with van der Waals surface area (Å²) in [4.78, 5) is 10.1. The average molecular weight is 172 g/mol. The van der Waals surface area contributed by atoms with Crippen molar-refractivity contribution in [3.63, 3.8) is 0 Å². The van der Waals surface area contributed by atoms with Gasteiger partial charge in [0.15, 0.2) is 0 Å². The number of hydrogen-bond donors (Lipinski definition) is 3. The van der Waals surface area contributed by atoms with Gasteiger partial charge in [-0.05, 0) is 13.5 Å². The number of carbonyl (C=O) groups is 1. The number of aliphatic hydroxyl groups is 1. The van der Waals surface area contributed by atoms with E-state index in [0.717, 1.165) is 0 Å². The number of amides is 1. The molecule has 0 aliphatic carbocycles. The summed E-state index contributed by atoms with van der Waals surface area (Å²) in [6, 6.07) is -0.0394. The fourth-order valence-electron chi connectivity index (χ4n) is 0.917. The van der Waals surface area contributed by atoms with Gasteiger partial charge in [-0.25, -0.2) is 0 Å². The normalized spacial score (nSPS) is 14.8. The van der Waals surface area contributed by atoms with E-state index in [9.17, 15) is 9.90 Å². The molecule has 0 aromatic rings. The molecule has 1 amide bonds. The summed E-state index contributed by atoms with van der Waals surface area (Å²) < 4.78 is 0. The number of nitrogens with one attached hydrogen (secondary N) is 2. The first-order valence-corrected chi connectivity index (χ1v) is 3.90. The van der Waals surface area contributed by atoms with Crippen LogP contribution < -0.4 is 10.6 Å². The van der Waals surface area contributed by atoms with Crippen molar-refractivity contribution in [3.8, 4) is 0 Å². The Balaban J connectivity index is 3.75. The fourth-order valence-corrected chi connectivity index (χ4v) is 0.917. The molecule has 0 aromatic heterocycles. The van der Waals surface area contributed by atoms with Crippen LogP contribution in [0.15, 0.2) is 12.7 Å². The summed E-state index contributed by atoms with van der Waals surface area (Å²) in [5.74, 6) is 0. The van der Waals surface area contributed by atoms with E-state index in [2.05, 4.69) is 17.2 Å². The lowest BCUT2D eigenvalue weighted by Crippen LogP contribution is -2.36. The molecule has 0 aromatic carbocycles. The molecule has 0 aliphatic heterocycles. The lowest BCUT2D eigenvalue weighted by atomic mass is 10.1. The lowest BCUT2D eigenvalue weighted by Gasteiger charge is -2.17. The minimum atomic E-state index is -0.581. The van der Waals surface area contributed by atoms with Crippen LogP contribution in [0.5, 0.6) is 0 Å². The van der Waals surface area contributed by atoms with E-state index in [1.807, 2.05) is 0 Å². The summed E-state index contributed by atoms with van der Waals surface area (Å²) in [6.45, 7) is 3.56. The van der Waals surface area contributed by atoms with Gasteiger partial charge in [0, 0.05) is 12.5 Å². The first kappa shape index (κ1) is 11.1. The summed E-state index contributed by atoms with van der Waals surface area (Å²) in [5.41, 5.74) is 0. The van der Waals surface area contributed by atoms with Gasteiger partial charge in [0.05, 0.1) is 0 Å². The Morgan fingerprint density at radius 2 is 2.33 bits per heavy atom. The molecule has 12 heavy (non-hydrogen) atoms. The van der Waals surface area contributed by atoms with E-state index in [-0.39, 0.29) is 6.04 Å². The van der Waals surface area contributed by atoms with Crippen LogP contribution in [-0.2, 0) is 4.79 Å². The van der Waals surface area contributed by atoms with E-state index in [1.54, 1.807) is 13.1 Å². The minimum absolute atomic E-state index is 0.0394. The Morgan fingerprint density at radius 1 is 1.67 bits per heavy atom. The van der Waals surface area contributed by atoms with Gasteiger partial charge in [-0.1, -0.05) is 6.08 Å². The molecule has 0 saturated heterocycles. The molecule has 0 spiro atoms. The second kappa shape index (κ2) is 6.82. The zero-order valence-electron chi connectivity index (χ0n) is 7.29. The highest BCUT2D eigenvalue weighted by molar-refractivity contribution is 5.46. The maximum atomic E-state index is 10.1. The molecule has 4 heteroatoms. The molecular formula is C8H16N2O2. The number of carbonyl (C=O) groups excluding carboxylic acids is 1. The smallest absolute Gasteiger partial charge is 0.207 e. The maximum absolute atomic E-state index is 10.1. The molecular weight excluding hydrogens is 156 g/mol. The summed E-state index contributed by atoms with van der Waals surface area (Å²) in [7, 11) is 1.66. The Kier molecular flexibility index (Phi) is 6.32.